The minimum Gasteiger partial charge on any atom is -0.482 e. The third-order valence-corrected chi connectivity index (χ3v) is 3.65. The molecular formula is C18H18BrNO4. The Bertz CT molecular complexity index is 700. The molecule has 6 heteroatoms. The van der Waals surface area contributed by atoms with Gasteiger partial charge in [0.2, 0.25) is 0 Å². The van der Waals surface area contributed by atoms with E-state index in [-0.39, 0.29) is 13.2 Å². The lowest BCUT2D eigenvalue weighted by atomic mass is 10.2. The first-order valence-electron chi connectivity index (χ1n) is 7.49. The van der Waals surface area contributed by atoms with Crippen LogP contribution < -0.4 is 10.1 Å². The van der Waals surface area contributed by atoms with E-state index < -0.39 is 11.9 Å². The largest absolute Gasteiger partial charge is 0.482 e. The molecule has 0 aliphatic carbocycles. The summed E-state index contributed by atoms with van der Waals surface area (Å²) in [6, 6.07) is 14.6. The van der Waals surface area contributed by atoms with E-state index in [2.05, 4.69) is 28.2 Å². The van der Waals surface area contributed by atoms with Gasteiger partial charge in [0.25, 0.3) is 5.91 Å². The molecule has 0 saturated heterocycles. The van der Waals surface area contributed by atoms with Crippen molar-refractivity contribution < 1.29 is 19.1 Å². The molecule has 0 radical (unpaired) electrons. The number of hydrogen-bond donors (Lipinski definition) is 1. The summed E-state index contributed by atoms with van der Waals surface area (Å²) in [5.74, 6) is -0.421. The Hall–Kier alpha value is -2.34. The number of esters is 1. The zero-order valence-electron chi connectivity index (χ0n) is 13.3. The number of aryl methyl sites for hydroxylation is 1. The highest BCUT2D eigenvalue weighted by molar-refractivity contribution is 9.10. The third kappa shape index (κ3) is 6.04. The number of carbonyl (C=O) groups excluding carboxylic acids is 2. The molecule has 2 aromatic carbocycles. The van der Waals surface area contributed by atoms with Crippen molar-refractivity contribution in [2.75, 3.05) is 18.5 Å². The Morgan fingerprint density at radius 3 is 2.50 bits per heavy atom. The Morgan fingerprint density at radius 2 is 1.83 bits per heavy atom. The van der Waals surface area contributed by atoms with E-state index in [1.807, 2.05) is 18.2 Å². The zero-order valence-corrected chi connectivity index (χ0v) is 14.8. The lowest BCUT2D eigenvalue weighted by Crippen LogP contribution is -2.23. The van der Waals surface area contributed by atoms with Gasteiger partial charge in [-0.05, 0) is 42.3 Å². The van der Waals surface area contributed by atoms with Crippen molar-refractivity contribution in [2.45, 2.75) is 13.3 Å². The average molecular weight is 392 g/mol. The first-order chi connectivity index (χ1) is 11.6. The van der Waals surface area contributed by atoms with Gasteiger partial charge in [-0.1, -0.05) is 41.1 Å². The van der Waals surface area contributed by atoms with E-state index in [1.165, 1.54) is 5.56 Å². The van der Waals surface area contributed by atoms with Crippen molar-refractivity contribution in [2.24, 2.45) is 0 Å². The molecule has 2 rings (SSSR count). The summed E-state index contributed by atoms with van der Waals surface area (Å²) in [5, 5.41) is 2.64. The van der Waals surface area contributed by atoms with E-state index in [0.717, 1.165) is 10.9 Å². The van der Waals surface area contributed by atoms with Crippen LogP contribution in [0.15, 0.2) is 53.0 Å². The Balaban J connectivity index is 1.71. The molecule has 0 aromatic heterocycles. The molecule has 24 heavy (non-hydrogen) atoms. The van der Waals surface area contributed by atoms with Crippen LogP contribution in [-0.2, 0) is 20.7 Å². The smallest absolute Gasteiger partial charge is 0.344 e. The summed E-state index contributed by atoms with van der Waals surface area (Å²) < 4.78 is 11.1. The second-order valence-electron chi connectivity index (χ2n) is 5.01. The van der Waals surface area contributed by atoms with Crippen LogP contribution in [0.1, 0.15) is 12.5 Å². The topological polar surface area (TPSA) is 64.6 Å². The van der Waals surface area contributed by atoms with Gasteiger partial charge in [-0.3, -0.25) is 4.79 Å². The van der Waals surface area contributed by atoms with Gasteiger partial charge in [-0.2, -0.15) is 0 Å². The summed E-state index contributed by atoms with van der Waals surface area (Å²) >= 11 is 3.31. The highest BCUT2D eigenvalue weighted by Crippen LogP contribution is 2.15. The van der Waals surface area contributed by atoms with Crippen LogP contribution in [0.4, 0.5) is 5.69 Å². The van der Waals surface area contributed by atoms with Crippen molar-refractivity contribution in [3.63, 3.8) is 0 Å². The molecule has 5 nitrogen and oxygen atoms in total. The van der Waals surface area contributed by atoms with Gasteiger partial charge >= 0.3 is 5.97 Å². The number of anilines is 1. The Morgan fingerprint density at radius 1 is 1.08 bits per heavy atom. The normalized spacial score (nSPS) is 10.1. The second-order valence-corrected chi connectivity index (χ2v) is 5.92. The molecule has 1 amide bonds. The van der Waals surface area contributed by atoms with Crippen molar-refractivity contribution in [3.05, 3.63) is 58.6 Å². The van der Waals surface area contributed by atoms with E-state index in [0.29, 0.717) is 11.4 Å². The minimum atomic E-state index is -0.598. The number of carbonyl (C=O) groups is 2. The Labute approximate surface area is 149 Å². The quantitative estimate of drug-likeness (QED) is 0.732. The van der Waals surface area contributed by atoms with Gasteiger partial charge in [0.1, 0.15) is 5.75 Å². The van der Waals surface area contributed by atoms with Crippen LogP contribution in [0.5, 0.6) is 5.75 Å². The van der Waals surface area contributed by atoms with Crippen LogP contribution in [0.25, 0.3) is 0 Å². The molecule has 0 unspecified atom stereocenters. The second kappa shape index (κ2) is 9.08. The Kier molecular flexibility index (Phi) is 6.81. The number of ether oxygens (including phenoxy) is 2. The molecule has 0 bridgehead atoms. The molecule has 0 spiro atoms. The molecule has 0 saturated carbocycles. The van der Waals surface area contributed by atoms with Gasteiger partial charge in [-0.25, -0.2) is 4.79 Å². The number of halogens is 1. The lowest BCUT2D eigenvalue weighted by molar-refractivity contribution is -0.149. The van der Waals surface area contributed by atoms with Gasteiger partial charge in [0, 0.05) is 10.2 Å². The first-order valence-corrected chi connectivity index (χ1v) is 8.29. The SMILES string of the molecule is CCc1ccc(OCC(=O)OCC(=O)Nc2cccc(Br)c2)cc1. The number of benzene rings is 2. The maximum atomic E-state index is 11.7. The van der Waals surface area contributed by atoms with E-state index in [4.69, 9.17) is 9.47 Å². The predicted molar refractivity (Wildman–Crippen MR) is 95.0 cm³/mol. The summed E-state index contributed by atoms with van der Waals surface area (Å²) in [5.41, 5.74) is 1.81. The van der Waals surface area contributed by atoms with Crippen LogP contribution in [0.3, 0.4) is 0 Å². The molecule has 0 aliphatic heterocycles. The molecule has 0 aliphatic rings. The third-order valence-electron chi connectivity index (χ3n) is 3.16. The monoisotopic (exact) mass is 391 g/mol. The lowest BCUT2D eigenvalue weighted by Gasteiger charge is -2.08. The van der Waals surface area contributed by atoms with Crippen molar-refractivity contribution in [1.29, 1.82) is 0 Å². The fourth-order valence-corrected chi connectivity index (χ4v) is 2.31. The molecule has 0 heterocycles. The number of amides is 1. The maximum Gasteiger partial charge on any atom is 0.344 e. The van der Waals surface area contributed by atoms with E-state index in [1.54, 1.807) is 30.3 Å². The van der Waals surface area contributed by atoms with Crippen LogP contribution >= 0.6 is 15.9 Å². The fraction of sp³-hybridized carbons (Fsp3) is 0.222. The molecule has 126 valence electrons. The highest BCUT2D eigenvalue weighted by atomic mass is 79.9. The van der Waals surface area contributed by atoms with Crippen molar-refractivity contribution in [3.8, 4) is 5.75 Å². The molecule has 0 atom stereocenters. The van der Waals surface area contributed by atoms with Gasteiger partial charge in [-0.15, -0.1) is 0 Å². The van der Waals surface area contributed by atoms with Crippen molar-refractivity contribution in [1.82, 2.24) is 0 Å². The molecule has 1 N–H and O–H groups in total. The standard InChI is InChI=1S/C18H18BrNO4/c1-2-13-6-8-16(9-7-13)23-12-18(22)24-11-17(21)20-15-5-3-4-14(19)10-15/h3-10H,2,11-12H2,1H3,(H,20,21). The zero-order chi connectivity index (χ0) is 17.4. The number of rotatable bonds is 7. The fourth-order valence-electron chi connectivity index (χ4n) is 1.91. The van der Waals surface area contributed by atoms with Crippen LogP contribution in [0.2, 0.25) is 0 Å². The predicted octanol–water partition coefficient (Wildman–Crippen LogP) is 3.57. The summed E-state index contributed by atoms with van der Waals surface area (Å²) in [6.45, 7) is 1.46. The highest BCUT2D eigenvalue weighted by Gasteiger charge is 2.09. The molecule has 2 aromatic rings. The molecule has 0 fully saturated rings. The number of hydrogen-bond acceptors (Lipinski definition) is 4. The summed E-state index contributed by atoms with van der Waals surface area (Å²) in [6.07, 6.45) is 0.940. The van der Waals surface area contributed by atoms with Crippen LogP contribution in [-0.4, -0.2) is 25.1 Å². The molecular weight excluding hydrogens is 374 g/mol. The van der Waals surface area contributed by atoms with Crippen molar-refractivity contribution >= 4 is 33.5 Å². The summed E-state index contributed by atoms with van der Waals surface area (Å²) in [7, 11) is 0. The maximum absolute atomic E-state index is 11.7. The van der Waals surface area contributed by atoms with Gasteiger partial charge < -0.3 is 14.8 Å². The van der Waals surface area contributed by atoms with E-state index >= 15 is 0 Å². The summed E-state index contributed by atoms with van der Waals surface area (Å²) in [4.78, 5) is 23.3. The van der Waals surface area contributed by atoms with E-state index in [9.17, 15) is 9.59 Å². The van der Waals surface area contributed by atoms with Gasteiger partial charge in [0.05, 0.1) is 0 Å². The van der Waals surface area contributed by atoms with Crippen LogP contribution in [0, 0.1) is 0 Å². The minimum absolute atomic E-state index is 0.240. The average Bonchev–Trinajstić information content (AvgIpc) is 2.58. The number of nitrogens with one attached hydrogen (secondary N) is 1. The van der Waals surface area contributed by atoms with Gasteiger partial charge in [0.15, 0.2) is 13.2 Å². The first kappa shape index (κ1) is 18.0.